The van der Waals surface area contributed by atoms with Gasteiger partial charge in [-0.2, -0.15) is 0 Å². The number of hydrogen-bond acceptors (Lipinski definition) is 5. The van der Waals surface area contributed by atoms with E-state index < -0.39 is 0 Å². The lowest BCUT2D eigenvalue weighted by Crippen LogP contribution is -2.51. The van der Waals surface area contributed by atoms with Crippen LogP contribution in [0, 0.1) is 5.92 Å². The van der Waals surface area contributed by atoms with Crippen LogP contribution in [0.2, 0.25) is 0 Å². The van der Waals surface area contributed by atoms with Gasteiger partial charge in [-0.05, 0) is 26.8 Å². The summed E-state index contributed by atoms with van der Waals surface area (Å²) in [5, 5.41) is 6.86. The summed E-state index contributed by atoms with van der Waals surface area (Å²) in [5.74, 6) is 1.61. The second-order valence-electron chi connectivity index (χ2n) is 8.44. The Morgan fingerprint density at radius 1 is 1.11 bits per heavy atom. The summed E-state index contributed by atoms with van der Waals surface area (Å²) >= 11 is 0. The van der Waals surface area contributed by atoms with Crippen molar-refractivity contribution >= 4 is 29.9 Å². The molecule has 2 heterocycles. The molecule has 2 unspecified atom stereocenters. The van der Waals surface area contributed by atoms with Gasteiger partial charge in [0.05, 0.1) is 19.3 Å². The van der Waals surface area contributed by atoms with E-state index in [-0.39, 0.29) is 30.1 Å². The Morgan fingerprint density at radius 2 is 1.82 bits per heavy atom. The van der Waals surface area contributed by atoms with Crippen molar-refractivity contribution in [1.29, 1.82) is 0 Å². The first kappa shape index (κ1) is 25.9. The molecule has 28 heavy (non-hydrogen) atoms. The molecule has 0 aromatic rings. The number of piperazine rings is 1. The van der Waals surface area contributed by atoms with Crippen LogP contribution in [0.5, 0.6) is 0 Å². The number of aliphatic imine (C=N–C) groups is 1. The number of nitrogens with zero attached hydrogens (tertiary/aromatic N) is 4. The molecular weight excluding hydrogens is 467 g/mol. The van der Waals surface area contributed by atoms with Gasteiger partial charge in [-0.3, -0.25) is 14.8 Å². The van der Waals surface area contributed by atoms with E-state index in [0.29, 0.717) is 12.0 Å². The highest BCUT2D eigenvalue weighted by atomic mass is 127. The van der Waals surface area contributed by atoms with E-state index >= 15 is 0 Å². The summed E-state index contributed by atoms with van der Waals surface area (Å²) in [7, 11) is 2.20. The predicted molar refractivity (Wildman–Crippen MR) is 129 cm³/mol. The molecule has 2 atom stereocenters. The number of guanidine groups is 1. The molecule has 2 fully saturated rings. The normalized spacial score (nSPS) is 24.1. The van der Waals surface area contributed by atoms with Crippen molar-refractivity contribution < 1.29 is 4.74 Å². The van der Waals surface area contributed by atoms with E-state index in [2.05, 4.69) is 60.1 Å². The minimum atomic E-state index is 0. The minimum Gasteiger partial charge on any atom is -0.374 e. The van der Waals surface area contributed by atoms with Gasteiger partial charge in [-0.1, -0.05) is 13.8 Å². The molecule has 166 valence electrons. The van der Waals surface area contributed by atoms with Crippen molar-refractivity contribution in [2.24, 2.45) is 10.9 Å². The Bertz CT molecular complexity index is 442. The van der Waals surface area contributed by atoms with Gasteiger partial charge in [0.15, 0.2) is 5.96 Å². The van der Waals surface area contributed by atoms with Crippen molar-refractivity contribution in [3.63, 3.8) is 0 Å². The number of ether oxygens (including phenoxy) is 1. The minimum absolute atomic E-state index is 0. The Kier molecular flexibility index (Phi) is 12.9. The van der Waals surface area contributed by atoms with Crippen molar-refractivity contribution in [3.05, 3.63) is 0 Å². The highest BCUT2D eigenvalue weighted by Crippen LogP contribution is 2.08. The third-order valence-corrected chi connectivity index (χ3v) is 5.36. The zero-order valence-corrected chi connectivity index (χ0v) is 20.9. The lowest BCUT2D eigenvalue weighted by Gasteiger charge is -2.36. The molecule has 2 N–H and O–H groups in total. The maximum atomic E-state index is 5.95. The van der Waals surface area contributed by atoms with Crippen LogP contribution in [-0.2, 0) is 4.74 Å². The van der Waals surface area contributed by atoms with Crippen molar-refractivity contribution in [2.45, 2.75) is 39.8 Å². The summed E-state index contributed by atoms with van der Waals surface area (Å²) < 4.78 is 5.95. The van der Waals surface area contributed by atoms with Crippen LogP contribution >= 0.6 is 24.0 Å². The number of likely N-dealkylation sites (N-methyl/N-ethyl adjacent to an activating group) is 1. The molecule has 0 saturated carbocycles. The summed E-state index contributed by atoms with van der Waals surface area (Å²) in [6, 6.07) is 0.474. The van der Waals surface area contributed by atoms with Gasteiger partial charge in [-0.15, -0.1) is 24.0 Å². The number of halogens is 1. The Morgan fingerprint density at radius 3 is 2.46 bits per heavy atom. The maximum Gasteiger partial charge on any atom is 0.191 e. The van der Waals surface area contributed by atoms with E-state index in [9.17, 15) is 0 Å². The van der Waals surface area contributed by atoms with Crippen LogP contribution < -0.4 is 10.6 Å². The first-order chi connectivity index (χ1) is 13.0. The molecule has 2 rings (SSSR count). The third-order valence-electron chi connectivity index (χ3n) is 5.36. The lowest BCUT2D eigenvalue weighted by atomic mass is 10.2. The molecule has 0 aromatic carbocycles. The number of rotatable bonds is 8. The fraction of sp³-hybridized carbons (Fsp3) is 0.950. The summed E-state index contributed by atoms with van der Waals surface area (Å²) in [5.41, 5.74) is 0. The molecule has 2 aliphatic heterocycles. The first-order valence-electron chi connectivity index (χ1n) is 10.8. The number of morpholine rings is 1. The van der Waals surface area contributed by atoms with Crippen LogP contribution in [0.1, 0.15) is 27.7 Å². The highest BCUT2D eigenvalue weighted by Gasteiger charge is 2.22. The van der Waals surface area contributed by atoms with E-state index in [4.69, 9.17) is 9.73 Å². The zero-order chi connectivity index (χ0) is 19.6. The quantitative estimate of drug-likeness (QED) is 0.291. The Hall–Kier alpha value is -0.160. The number of nitrogens with one attached hydrogen (secondary N) is 2. The summed E-state index contributed by atoms with van der Waals surface area (Å²) in [6.07, 6.45) is 0.233. The fourth-order valence-corrected chi connectivity index (χ4v) is 3.74. The topological polar surface area (TPSA) is 55.4 Å². The second-order valence-corrected chi connectivity index (χ2v) is 8.44. The smallest absolute Gasteiger partial charge is 0.191 e. The molecule has 0 aliphatic carbocycles. The molecule has 8 heteroatoms. The van der Waals surface area contributed by atoms with Crippen LogP contribution in [0.25, 0.3) is 0 Å². The van der Waals surface area contributed by atoms with E-state index in [0.717, 1.165) is 78.0 Å². The predicted octanol–water partition coefficient (Wildman–Crippen LogP) is 1.15. The molecule has 0 radical (unpaired) electrons. The maximum absolute atomic E-state index is 5.95. The molecule has 0 aromatic heterocycles. The molecule has 2 saturated heterocycles. The molecule has 2 aliphatic rings. The van der Waals surface area contributed by atoms with Gasteiger partial charge >= 0.3 is 0 Å². The van der Waals surface area contributed by atoms with Gasteiger partial charge in [0.2, 0.25) is 0 Å². The van der Waals surface area contributed by atoms with Gasteiger partial charge in [0.25, 0.3) is 0 Å². The van der Waals surface area contributed by atoms with E-state index in [1.54, 1.807) is 0 Å². The Labute approximate surface area is 189 Å². The fourth-order valence-electron chi connectivity index (χ4n) is 3.74. The molecule has 7 nitrogen and oxygen atoms in total. The van der Waals surface area contributed by atoms with Gasteiger partial charge in [0.1, 0.15) is 0 Å². The van der Waals surface area contributed by atoms with Crippen LogP contribution in [0.3, 0.4) is 0 Å². The van der Waals surface area contributed by atoms with Crippen LogP contribution in [-0.4, -0.2) is 112 Å². The summed E-state index contributed by atoms with van der Waals surface area (Å²) in [4.78, 5) is 12.3. The van der Waals surface area contributed by atoms with Crippen molar-refractivity contribution in [1.82, 2.24) is 25.3 Å². The molecule has 0 spiro atoms. The molecule has 0 bridgehead atoms. The monoisotopic (exact) mass is 510 g/mol. The third kappa shape index (κ3) is 9.56. The van der Waals surface area contributed by atoms with Gasteiger partial charge in [-0.25, -0.2) is 0 Å². The van der Waals surface area contributed by atoms with Crippen molar-refractivity contribution in [3.8, 4) is 0 Å². The second kappa shape index (κ2) is 14.0. The largest absolute Gasteiger partial charge is 0.374 e. The van der Waals surface area contributed by atoms with Gasteiger partial charge in [0, 0.05) is 64.9 Å². The lowest BCUT2D eigenvalue weighted by molar-refractivity contribution is -0.0284. The standard InChI is InChI=1S/C20H42N6O.HI/c1-6-21-20(22-13-18(4)26-9-7-24(5)8-10-26)23-14-19-16-25(11-12-27-19)15-17(2)3;/h17-19H,6-16H2,1-5H3,(H2,21,22,23);1H. The van der Waals surface area contributed by atoms with Crippen LogP contribution in [0.15, 0.2) is 4.99 Å². The zero-order valence-electron chi connectivity index (χ0n) is 18.6. The van der Waals surface area contributed by atoms with Crippen molar-refractivity contribution in [2.75, 3.05) is 79.1 Å². The van der Waals surface area contributed by atoms with E-state index in [1.807, 2.05) is 0 Å². The highest BCUT2D eigenvalue weighted by molar-refractivity contribution is 14.0. The molecule has 0 amide bonds. The first-order valence-corrected chi connectivity index (χ1v) is 10.8. The average molecular weight is 511 g/mol. The molecular formula is C20H43IN6O. The number of hydrogen-bond donors (Lipinski definition) is 2. The van der Waals surface area contributed by atoms with Gasteiger partial charge < -0.3 is 20.3 Å². The van der Waals surface area contributed by atoms with Crippen LogP contribution in [0.4, 0.5) is 0 Å². The summed E-state index contributed by atoms with van der Waals surface area (Å²) in [6.45, 7) is 20.1. The average Bonchev–Trinajstić information content (AvgIpc) is 2.64. The SMILES string of the molecule is CCNC(=NCC(C)N1CCN(C)CC1)NCC1CN(CC(C)C)CCO1.I. The Balaban J connectivity index is 0.00000392. The van der Waals surface area contributed by atoms with E-state index in [1.165, 1.54) is 0 Å².